The molecule has 5 heteroatoms. The first-order valence-corrected chi connectivity index (χ1v) is 8.22. The van der Waals surface area contributed by atoms with Gasteiger partial charge in [0.25, 0.3) is 0 Å². The summed E-state index contributed by atoms with van der Waals surface area (Å²) in [5, 5.41) is 40.3. The van der Waals surface area contributed by atoms with Gasteiger partial charge in [-0.1, -0.05) is 24.3 Å². The van der Waals surface area contributed by atoms with Gasteiger partial charge >= 0.3 is 0 Å². The van der Waals surface area contributed by atoms with Crippen molar-refractivity contribution < 1.29 is 25.2 Å². The fourth-order valence-electron chi connectivity index (χ4n) is 3.33. The third kappa shape index (κ3) is 3.62. The minimum Gasteiger partial charge on any atom is -0.508 e. The first-order chi connectivity index (χ1) is 12.0. The number of hydrogen-bond donors (Lipinski definition) is 4. The Bertz CT molecular complexity index is 766. The van der Waals surface area contributed by atoms with Crippen molar-refractivity contribution in [3.63, 3.8) is 0 Å². The number of methoxy groups -OCH3 is 1. The van der Waals surface area contributed by atoms with Crippen molar-refractivity contribution in [1.82, 2.24) is 0 Å². The van der Waals surface area contributed by atoms with Crippen LogP contribution in [0.15, 0.2) is 42.5 Å². The Hall–Kier alpha value is -2.50. The molecule has 2 aromatic rings. The number of aliphatic hydroxyl groups excluding tert-OH is 2. The molecule has 0 unspecified atom stereocenters. The van der Waals surface area contributed by atoms with Gasteiger partial charge in [-0.3, -0.25) is 0 Å². The number of rotatable bonds is 4. The van der Waals surface area contributed by atoms with Crippen LogP contribution in [-0.2, 0) is 6.42 Å². The van der Waals surface area contributed by atoms with Gasteiger partial charge in [0.15, 0.2) is 11.5 Å². The second-order valence-corrected chi connectivity index (χ2v) is 6.30. The van der Waals surface area contributed by atoms with Crippen LogP contribution in [0.25, 0.3) is 6.08 Å². The number of phenolic OH excluding ortho intramolecular Hbond substituents is 2. The Morgan fingerprint density at radius 3 is 2.56 bits per heavy atom. The van der Waals surface area contributed by atoms with E-state index in [0.717, 1.165) is 16.7 Å². The van der Waals surface area contributed by atoms with Gasteiger partial charge in [0.05, 0.1) is 19.3 Å². The van der Waals surface area contributed by atoms with E-state index in [4.69, 9.17) is 4.74 Å². The van der Waals surface area contributed by atoms with Crippen LogP contribution in [0.5, 0.6) is 17.2 Å². The van der Waals surface area contributed by atoms with Gasteiger partial charge in [-0.15, -0.1) is 0 Å². The highest BCUT2D eigenvalue weighted by atomic mass is 16.5. The molecule has 3 rings (SSSR count). The quantitative estimate of drug-likeness (QED) is 0.686. The first-order valence-electron chi connectivity index (χ1n) is 8.22. The van der Waals surface area contributed by atoms with Crippen LogP contribution < -0.4 is 4.74 Å². The fourth-order valence-corrected chi connectivity index (χ4v) is 3.33. The van der Waals surface area contributed by atoms with Crippen LogP contribution >= 0.6 is 0 Å². The molecule has 0 aliphatic heterocycles. The number of phenols is 2. The average molecular weight is 342 g/mol. The summed E-state index contributed by atoms with van der Waals surface area (Å²) in [6, 6.07) is 9.96. The summed E-state index contributed by atoms with van der Waals surface area (Å²) < 4.78 is 5.16. The Balaban J connectivity index is 1.89. The van der Waals surface area contributed by atoms with Crippen molar-refractivity contribution in [1.29, 1.82) is 0 Å². The molecular weight excluding hydrogens is 320 g/mol. The molecule has 0 aromatic heterocycles. The van der Waals surface area contributed by atoms with Crippen LogP contribution in [0, 0.1) is 0 Å². The van der Waals surface area contributed by atoms with Crippen LogP contribution in [0.1, 0.15) is 29.0 Å². The summed E-state index contributed by atoms with van der Waals surface area (Å²) in [5.41, 5.74) is 2.53. The monoisotopic (exact) mass is 342 g/mol. The molecule has 3 atom stereocenters. The zero-order chi connectivity index (χ0) is 18.0. The third-order valence-electron chi connectivity index (χ3n) is 4.67. The van der Waals surface area contributed by atoms with Crippen LogP contribution in [0.3, 0.4) is 0 Å². The van der Waals surface area contributed by atoms with E-state index in [2.05, 4.69) is 0 Å². The Labute approximate surface area is 146 Å². The summed E-state index contributed by atoms with van der Waals surface area (Å²) in [5.74, 6) is 0.0749. The number of aliphatic hydroxyl groups is 2. The lowest BCUT2D eigenvalue weighted by Gasteiger charge is -2.33. The van der Waals surface area contributed by atoms with Crippen LogP contribution in [0.2, 0.25) is 0 Å². The van der Waals surface area contributed by atoms with Gasteiger partial charge in [-0.2, -0.15) is 0 Å². The summed E-state index contributed by atoms with van der Waals surface area (Å²) in [4.78, 5) is 0. The first kappa shape index (κ1) is 17.3. The standard InChI is InChI=1S/C20H22O5/c1-25-19-11-15-13(10-18(19)24)5-9-17(23)20(15)16(22)8-4-12-2-6-14(21)7-3-12/h2-4,6-8,10-11,16-17,20-24H,5,9H2,1H3/t16-,17-,20+/m0/s1. The summed E-state index contributed by atoms with van der Waals surface area (Å²) in [6.45, 7) is 0. The Morgan fingerprint density at radius 1 is 1.16 bits per heavy atom. The van der Waals surface area contributed by atoms with E-state index >= 15 is 0 Å². The summed E-state index contributed by atoms with van der Waals surface area (Å²) in [7, 11) is 1.47. The van der Waals surface area contributed by atoms with Crippen LogP contribution in [-0.4, -0.2) is 39.7 Å². The lowest BCUT2D eigenvalue weighted by Crippen LogP contribution is -2.33. The maximum Gasteiger partial charge on any atom is 0.160 e. The zero-order valence-electron chi connectivity index (χ0n) is 14.0. The fraction of sp³-hybridized carbons (Fsp3) is 0.300. The lowest BCUT2D eigenvalue weighted by molar-refractivity contribution is 0.0640. The SMILES string of the molecule is COc1cc2c(cc1O)CC[C@H](O)[C@H]2[C@@H](O)C=Cc1ccc(O)cc1. The largest absolute Gasteiger partial charge is 0.508 e. The summed E-state index contributed by atoms with van der Waals surface area (Å²) >= 11 is 0. The minimum atomic E-state index is -0.892. The molecule has 4 N–H and O–H groups in total. The Kier molecular flexibility index (Phi) is 4.97. The van der Waals surface area contributed by atoms with Gasteiger partial charge in [0, 0.05) is 5.92 Å². The Morgan fingerprint density at radius 2 is 1.88 bits per heavy atom. The smallest absolute Gasteiger partial charge is 0.160 e. The second kappa shape index (κ2) is 7.17. The van der Waals surface area contributed by atoms with E-state index in [9.17, 15) is 20.4 Å². The van der Waals surface area contributed by atoms with Crippen molar-refractivity contribution >= 4 is 6.08 Å². The number of aromatic hydroxyl groups is 2. The molecular formula is C20H22O5. The van der Waals surface area contributed by atoms with Gasteiger partial charge in [0.1, 0.15) is 5.75 Å². The molecule has 2 aromatic carbocycles. The zero-order valence-corrected chi connectivity index (χ0v) is 14.0. The van der Waals surface area contributed by atoms with Crippen molar-refractivity contribution in [2.24, 2.45) is 0 Å². The van der Waals surface area contributed by atoms with E-state index < -0.39 is 18.1 Å². The molecule has 0 saturated heterocycles. The van der Waals surface area contributed by atoms with E-state index in [1.807, 2.05) is 0 Å². The molecule has 1 aliphatic carbocycles. The number of benzene rings is 2. The highest BCUT2D eigenvalue weighted by Gasteiger charge is 2.33. The van der Waals surface area contributed by atoms with Crippen molar-refractivity contribution in [3.8, 4) is 17.2 Å². The molecule has 0 fully saturated rings. The second-order valence-electron chi connectivity index (χ2n) is 6.30. The highest BCUT2D eigenvalue weighted by molar-refractivity contribution is 5.53. The number of fused-ring (bicyclic) bond motifs is 1. The average Bonchev–Trinajstić information content (AvgIpc) is 2.60. The van der Waals surface area contributed by atoms with Gasteiger partial charge < -0.3 is 25.2 Å². The molecule has 1 aliphatic rings. The lowest BCUT2D eigenvalue weighted by atomic mass is 9.77. The molecule has 0 heterocycles. The topological polar surface area (TPSA) is 90.2 Å². The van der Waals surface area contributed by atoms with E-state index in [1.54, 1.807) is 48.6 Å². The van der Waals surface area contributed by atoms with Crippen molar-refractivity contribution in [2.45, 2.75) is 31.0 Å². The maximum atomic E-state index is 10.6. The predicted molar refractivity (Wildman–Crippen MR) is 94.9 cm³/mol. The molecule has 0 radical (unpaired) electrons. The third-order valence-corrected chi connectivity index (χ3v) is 4.67. The van der Waals surface area contributed by atoms with E-state index in [-0.39, 0.29) is 11.5 Å². The molecule has 5 nitrogen and oxygen atoms in total. The van der Waals surface area contributed by atoms with Gasteiger partial charge in [0.2, 0.25) is 0 Å². The van der Waals surface area contributed by atoms with Gasteiger partial charge in [-0.25, -0.2) is 0 Å². The summed E-state index contributed by atoms with van der Waals surface area (Å²) in [6.07, 6.45) is 2.97. The maximum absolute atomic E-state index is 10.6. The molecule has 0 spiro atoms. The molecule has 0 bridgehead atoms. The highest BCUT2D eigenvalue weighted by Crippen LogP contribution is 2.40. The molecule has 132 valence electrons. The minimum absolute atomic E-state index is 0.0607. The predicted octanol–water partition coefficient (Wildman–Crippen LogP) is 2.57. The van der Waals surface area contributed by atoms with Crippen LogP contribution in [0.4, 0.5) is 0 Å². The molecule has 0 saturated carbocycles. The molecule has 0 amide bonds. The molecule has 25 heavy (non-hydrogen) atoms. The normalized spacial score (nSPS) is 21.1. The number of ether oxygens (including phenoxy) is 1. The number of hydrogen-bond acceptors (Lipinski definition) is 5. The van der Waals surface area contributed by atoms with E-state index in [1.165, 1.54) is 7.11 Å². The number of aryl methyl sites for hydroxylation is 1. The van der Waals surface area contributed by atoms with Crippen molar-refractivity contribution in [3.05, 3.63) is 59.2 Å². The van der Waals surface area contributed by atoms with E-state index in [0.29, 0.717) is 18.6 Å². The van der Waals surface area contributed by atoms with Crippen molar-refractivity contribution in [2.75, 3.05) is 7.11 Å². The van der Waals surface area contributed by atoms with Gasteiger partial charge in [-0.05, 0) is 53.8 Å².